The first-order chi connectivity index (χ1) is 11.5. The third-order valence-corrected chi connectivity index (χ3v) is 3.01. The van der Waals surface area contributed by atoms with Crippen LogP contribution in [-0.4, -0.2) is 15.7 Å². The van der Waals surface area contributed by atoms with Gasteiger partial charge in [0.15, 0.2) is 0 Å². The number of nitro groups is 2. The van der Waals surface area contributed by atoms with E-state index < -0.39 is 15.5 Å². The summed E-state index contributed by atoms with van der Waals surface area (Å²) in [6.07, 6.45) is 0. The van der Waals surface area contributed by atoms with Gasteiger partial charge in [-0.2, -0.15) is 0 Å². The maximum Gasteiger partial charge on any atom is 0.301 e. The number of hydrogen-bond acceptors (Lipinski definition) is 7. The Labute approximate surface area is 136 Å². The molecule has 124 valence electrons. The van der Waals surface area contributed by atoms with E-state index in [1.807, 2.05) is 30.3 Å². The minimum absolute atomic E-state index is 0.0354. The monoisotopic (exact) mass is 330 g/mol. The van der Waals surface area contributed by atoms with Gasteiger partial charge in [-0.1, -0.05) is 30.3 Å². The van der Waals surface area contributed by atoms with Crippen LogP contribution in [0.5, 0.6) is 0 Å². The lowest BCUT2D eigenvalue weighted by Crippen LogP contribution is -2.04. The van der Waals surface area contributed by atoms with Crippen LogP contribution >= 0.6 is 0 Å². The van der Waals surface area contributed by atoms with Crippen LogP contribution in [0.25, 0.3) is 0 Å². The molecular weight excluding hydrogens is 316 g/mol. The van der Waals surface area contributed by atoms with Gasteiger partial charge in [0.2, 0.25) is 5.90 Å². The first-order valence-corrected chi connectivity index (χ1v) is 6.87. The number of rotatable bonds is 6. The van der Waals surface area contributed by atoms with Crippen molar-refractivity contribution in [3.8, 4) is 0 Å². The molecule has 0 bridgehead atoms. The molecule has 0 radical (unpaired) electrons. The number of non-ortho nitro benzene ring substituents is 1. The predicted octanol–water partition coefficient (Wildman–Crippen LogP) is 3.47. The van der Waals surface area contributed by atoms with E-state index in [1.54, 1.807) is 6.92 Å². The second-order valence-corrected chi connectivity index (χ2v) is 4.73. The van der Waals surface area contributed by atoms with Crippen LogP contribution in [0.2, 0.25) is 0 Å². The maximum absolute atomic E-state index is 11.0. The summed E-state index contributed by atoms with van der Waals surface area (Å²) in [6, 6.07) is 12.7. The van der Waals surface area contributed by atoms with Gasteiger partial charge in [0.05, 0.1) is 15.9 Å². The molecule has 0 aliphatic carbocycles. The highest BCUT2D eigenvalue weighted by atomic mass is 16.6. The molecule has 0 aliphatic heterocycles. The predicted molar refractivity (Wildman–Crippen MR) is 87.7 cm³/mol. The SMILES string of the molecule is CC(=NNc1ccc([N+](=O)[O-])cc1[N+](=O)[O-])OCc1ccccc1. The fraction of sp³-hybridized carbons (Fsp3) is 0.133. The summed E-state index contributed by atoms with van der Waals surface area (Å²) in [5.41, 5.74) is 2.67. The van der Waals surface area contributed by atoms with Gasteiger partial charge in [-0.05, 0) is 11.6 Å². The number of hydrogen-bond donors (Lipinski definition) is 1. The molecule has 1 N–H and O–H groups in total. The minimum Gasteiger partial charge on any atom is -0.475 e. The molecule has 0 atom stereocenters. The van der Waals surface area contributed by atoms with Crippen molar-refractivity contribution in [1.29, 1.82) is 0 Å². The Balaban J connectivity index is 2.07. The molecule has 0 saturated heterocycles. The van der Waals surface area contributed by atoms with Gasteiger partial charge < -0.3 is 4.74 Å². The Morgan fingerprint density at radius 3 is 2.46 bits per heavy atom. The van der Waals surface area contributed by atoms with Crippen LogP contribution in [0.15, 0.2) is 53.6 Å². The van der Waals surface area contributed by atoms with Crippen molar-refractivity contribution >= 4 is 23.0 Å². The molecule has 24 heavy (non-hydrogen) atoms. The van der Waals surface area contributed by atoms with E-state index in [1.165, 1.54) is 6.07 Å². The van der Waals surface area contributed by atoms with Gasteiger partial charge in [-0.25, -0.2) is 0 Å². The normalized spacial score (nSPS) is 11.0. The first-order valence-electron chi connectivity index (χ1n) is 6.87. The van der Waals surface area contributed by atoms with Crippen molar-refractivity contribution in [2.24, 2.45) is 5.10 Å². The molecule has 2 aromatic rings. The lowest BCUT2D eigenvalue weighted by atomic mass is 10.2. The number of benzene rings is 2. The molecule has 0 saturated carbocycles. The lowest BCUT2D eigenvalue weighted by Gasteiger charge is -2.06. The summed E-state index contributed by atoms with van der Waals surface area (Å²) in [7, 11) is 0. The van der Waals surface area contributed by atoms with E-state index >= 15 is 0 Å². The molecule has 0 unspecified atom stereocenters. The second-order valence-electron chi connectivity index (χ2n) is 4.73. The standard InChI is InChI=1S/C15H14N4O5/c1-11(24-10-12-5-3-2-4-6-12)16-17-14-8-7-13(18(20)21)9-15(14)19(22)23/h2-9,17H,10H2,1H3. The van der Waals surface area contributed by atoms with Crippen molar-refractivity contribution in [3.63, 3.8) is 0 Å². The summed E-state index contributed by atoms with van der Waals surface area (Å²) in [5, 5.41) is 25.6. The van der Waals surface area contributed by atoms with Gasteiger partial charge in [-0.3, -0.25) is 25.7 Å². The van der Waals surface area contributed by atoms with Crippen molar-refractivity contribution in [2.75, 3.05) is 5.43 Å². The number of ether oxygens (including phenoxy) is 1. The van der Waals surface area contributed by atoms with E-state index in [0.717, 1.165) is 17.7 Å². The molecular formula is C15H14N4O5. The third-order valence-electron chi connectivity index (χ3n) is 3.01. The first kappa shape index (κ1) is 16.9. The summed E-state index contributed by atoms with van der Waals surface area (Å²) < 4.78 is 5.42. The van der Waals surface area contributed by atoms with Crippen LogP contribution < -0.4 is 5.43 Å². The van der Waals surface area contributed by atoms with Crippen LogP contribution in [0.1, 0.15) is 12.5 Å². The Kier molecular flexibility index (Phi) is 5.40. The Bertz CT molecular complexity index is 777. The van der Waals surface area contributed by atoms with E-state index in [0.29, 0.717) is 6.61 Å². The molecule has 0 spiro atoms. The van der Waals surface area contributed by atoms with Gasteiger partial charge in [0, 0.05) is 13.0 Å². The van der Waals surface area contributed by atoms with Crippen LogP contribution in [0, 0.1) is 20.2 Å². The van der Waals surface area contributed by atoms with Gasteiger partial charge in [-0.15, -0.1) is 5.10 Å². The third kappa shape index (κ3) is 4.50. The highest BCUT2D eigenvalue weighted by molar-refractivity contribution is 5.75. The van der Waals surface area contributed by atoms with Crippen LogP contribution in [0.4, 0.5) is 17.1 Å². The van der Waals surface area contributed by atoms with Gasteiger partial charge >= 0.3 is 5.69 Å². The van der Waals surface area contributed by atoms with Crippen molar-refractivity contribution < 1.29 is 14.6 Å². The maximum atomic E-state index is 11.0. The highest BCUT2D eigenvalue weighted by Gasteiger charge is 2.19. The van der Waals surface area contributed by atoms with Crippen LogP contribution in [0.3, 0.4) is 0 Å². The molecule has 0 amide bonds. The number of hydrazone groups is 1. The fourth-order valence-corrected chi connectivity index (χ4v) is 1.81. The number of anilines is 1. The van der Waals surface area contributed by atoms with Gasteiger partial charge in [0.25, 0.3) is 5.69 Å². The quantitative estimate of drug-likeness (QED) is 0.375. The molecule has 2 rings (SSSR count). The molecule has 0 fully saturated rings. The van der Waals surface area contributed by atoms with E-state index in [2.05, 4.69) is 10.5 Å². The zero-order chi connectivity index (χ0) is 17.5. The minimum atomic E-state index is -0.717. The second kappa shape index (κ2) is 7.68. The summed E-state index contributed by atoms with van der Waals surface area (Å²) in [4.78, 5) is 20.3. The molecule has 0 heterocycles. The van der Waals surface area contributed by atoms with E-state index in [-0.39, 0.29) is 17.3 Å². The Hall–Kier alpha value is -3.49. The molecule has 9 nitrogen and oxygen atoms in total. The zero-order valence-electron chi connectivity index (χ0n) is 12.7. The van der Waals surface area contributed by atoms with Crippen molar-refractivity contribution in [3.05, 3.63) is 74.3 Å². The zero-order valence-corrected chi connectivity index (χ0v) is 12.7. The van der Waals surface area contributed by atoms with Crippen molar-refractivity contribution in [1.82, 2.24) is 0 Å². The van der Waals surface area contributed by atoms with E-state index in [9.17, 15) is 20.2 Å². The molecule has 2 aromatic carbocycles. The lowest BCUT2D eigenvalue weighted by molar-refractivity contribution is -0.393. The summed E-state index contributed by atoms with van der Waals surface area (Å²) in [6.45, 7) is 1.90. The van der Waals surface area contributed by atoms with Crippen molar-refractivity contribution in [2.45, 2.75) is 13.5 Å². The number of nitrogens with one attached hydrogen (secondary N) is 1. The van der Waals surface area contributed by atoms with Gasteiger partial charge in [0.1, 0.15) is 12.3 Å². The number of nitrogens with zero attached hydrogens (tertiary/aromatic N) is 3. The topological polar surface area (TPSA) is 120 Å². The number of nitro benzene ring substituents is 2. The Morgan fingerprint density at radius 2 is 1.83 bits per heavy atom. The van der Waals surface area contributed by atoms with Crippen LogP contribution in [-0.2, 0) is 11.3 Å². The Morgan fingerprint density at radius 1 is 1.12 bits per heavy atom. The highest BCUT2D eigenvalue weighted by Crippen LogP contribution is 2.28. The van der Waals surface area contributed by atoms with E-state index in [4.69, 9.17) is 4.74 Å². The smallest absolute Gasteiger partial charge is 0.301 e. The summed E-state index contributed by atoms with van der Waals surface area (Å²) >= 11 is 0. The molecule has 0 aromatic heterocycles. The fourth-order valence-electron chi connectivity index (χ4n) is 1.81. The average molecular weight is 330 g/mol. The summed E-state index contributed by atoms with van der Waals surface area (Å²) in [5.74, 6) is 0.270. The molecule has 0 aliphatic rings. The average Bonchev–Trinajstić information content (AvgIpc) is 2.58. The largest absolute Gasteiger partial charge is 0.475 e. The molecule has 9 heteroatoms.